The lowest BCUT2D eigenvalue weighted by Gasteiger charge is -2.18. The molecule has 25 heavy (non-hydrogen) atoms. The fourth-order valence-corrected chi connectivity index (χ4v) is 2.79. The second-order valence-electron chi connectivity index (χ2n) is 6.41. The summed E-state index contributed by atoms with van der Waals surface area (Å²) in [6.45, 7) is 4.79. The number of hydrogen-bond donors (Lipinski definition) is 1. The highest BCUT2D eigenvalue weighted by molar-refractivity contribution is 5.68. The van der Waals surface area contributed by atoms with E-state index in [1.54, 1.807) is 0 Å². The van der Waals surface area contributed by atoms with Crippen molar-refractivity contribution in [3.05, 3.63) is 65.2 Å². The van der Waals surface area contributed by atoms with E-state index in [0.29, 0.717) is 12.3 Å². The molecule has 1 heterocycles. The highest BCUT2D eigenvalue weighted by Gasteiger charge is 2.36. The number of aliphatic hydroxyl groups is 1. The van der Waals surface area contributed by atoms with Crippen LogP contribution in [0.4, 0.5) is 4.79 Å². The second kappa shape index (κ2) is 7.57. The Hall–Kier alpha value is -2.53. The Morgan fingerprint density at radius 3 is 2.60 bits per heavy atom. The number of β-amino-alcohol motifs (C(OH)–C–C–N with tert-alkyl or cyclic N) is 1. The largest absolute Gasteiger partial charge is 0.486 e. The molecule has 0 aromatic heterocycles. The Balaban J connectivity index is 1.55. The van der Waals surface area contributed by atoms with Gasteiger partial charge < -0.3 is 19.5 Å². The van der Waals surface area contributed by atoms with Crippen molar-refractivity contribution in [1.82, 2.24) is 4.90 Å². The lowest BCUT2D eigenvalue weighted by atomic mass is 10.1. The Morgan fingerprint density at radius 1 is 1.12 bits per heavy atom. The van der Waals surface area contributed by atoms with Crippen LogP contribution in [0.2, 0.25) is 0 Å². The van der Waals surface area contributed by atoms with E-state index in [-0.39, 0.29) is 13.2 Å². The molecule has 2 aromatic rings. The fourth-order valence-electron chi connectivity index (χ4n) is 2.79. The van der Waals surface area contributed by atoms with Crippen LogP contribution in [0.3, 0.4) is 0 Å². The van der Waals surface area contributed by atoms with Crippen LogP contribution in [-0.4, -0.2) is 41.4 Å². The van der Waals surface area contributed by atoms with Gasteiger partial charge in [-0.3, -0.25) is 0 Å². The van der Waals surface area contributed by atoms with Crippen molar-refractivity contribution in [2.24, 2.45) is 0 Å². The zero-order chi connectivity index (χ0) is 17.8. The molecule has 1 amide bonds. The minimum Gasteiger partial charge on any atom is -0.486 e. The Bertz CT molecular complexity index is 732. The van der Waals surface area contributed by atoms with E-state index < -0.39 is 18.3 Å². The van der Waals surface area contributed by atoms with Gasteiger partial charge in [0.15, 0.2) is 0 Å². The van der Waals surface area contributed by atoms with E-state index in [1.165, 1.54) is 10.5 Å². The number of ether oxygens (including phenoxy) is 2. The summed E-state index contributed by atoms with van der Waals surface area (Å²) in [6, 6.07) is 15.3. The third kappa shape index (κ3) is 4.31. The smallest absolute Gasteiger partial charge is 0.410 e. The summed E-state index contributed by atoms with van der Waals surface area (Å²) in [5.41, 5.74) is 3.24. The van der Waals surface area contributed by atoms with Crippen LogP contribution >= 0.6 is 0 Å². The van der Waals surface area contributed by atoms with E-state index in [9.17, 15) is 9.90 Å². The van der Waals surface area contributed by atoms with Crippen LogP contribution < -0.4 is 4.74 Å². The molecule has 0 bridgehead atoms. The molecule has 0 radical (unpaired) electrons. The van der Waals surface area contributed by atoms with Crippen LogP contribution in [0.5, 0.6) is 5.75 Å². The Morgan fingerprint density at radius 2 is 1.88 bits per heavy atom. The van der Waals surface area contributed by atoms with Crippen LogP contribution in [0.1, 0.15) is 16.7 Å². The van der Waals surface area contributed by atoms with Crippen LogP contribution in [0, 0.1) is 13.8 Å². The molecule has 1 fully saturated rings. The number of benzene rings is 2. The van der Waals surface area contributed by atoms with Gasteiger partial charge >= 0.3 is 6.09 Å². The van der Waals surface area contributed by atoms with Crippen LogP contribution in [-0.2, 0) is 11.3 Å². The number of likely N-dealkylation sites (tertiary alicyclic amines) is 1. The molecular weight excluding hydrogens is 318 g/mol. The summed E-state index contributed by atoms with van der Waals surface area (Å²) in [4.78, 5) is 13.7. The van der Waals surface area contributed by atoms with E-state index in [2.05, 4.69) is 0 Å². The first kappa shape index (κ1) is 17.3. The van der Waals surface area contributed by atoms with Crippen molar-refractivity contribution in [1.29, 1.82) is 0 Å². The van der Waals surface area contributed by atoms with E-state index in [4.69, 9.17) is 9.47 Å². The maximum Gasteiger partial charge on any atom is 0.410 e. The van der Waals surface area contributed by atoms with Crippen LogP contribution in [0.25, 0.3) is 0 Å². The predicted octanol–water partition coefficient (Wildman–Crippen LogP) is 3.06. The summed E-state index contributed by atoms with van der Waals surface area (Å²) in [5, 5.41) is 10.2. The number of nitrogens with zero attached hydrogens (tertiary/aromatic N) is 1. The minimum atomic E-state index is -0.731. The van der Waals surface area contributed by atoms with Crippen molar-refractivity contribution in [2.45, 2.75) is 32.7 Å². The van der Waals surface area contributed by atoms with Crippen LogP contribution in [0.15, 0.2) is 48.5 Å². The predicted molar refractivity (Wildman–Crippen MR) is 94.5 cm³/mol. The molecule has 0 spiro atoms. The van der Waals surface area contributed by atoms with Gasteiger partial charge in [-0.15, -0.1) is 0 Å². The van der Waals surface area contributed by atoms with Crippen molar-refractivity contribution in [3.8, 4) is 5.75 Å². The number of aryl methyl sites for hydroxylation is 2. The van der Waals surface area contributed by atoms with Crippen molar-refractivity contribution in [2.75, 3.05) is 13.1 Å². The van der Waals surface area contributed by atoms with E-state index in [0.717, 1.165) is 11.1 Å². The van der Waals surface area contributed by atoms with Gasteiger partial charge in [-0.2, -0.15) is 0 Å². The number of aliphatic hydroxyl groups excluding tert-OH is 1. The number of carbonyl (C=O) groups is 1. The van der Waals surface area contributed by atoms with Gasteiger partial charge in [-0.1, -0.05) is 36.4 Å². The highest BCUT2D eigenvalue weighted by Crippen LogP contribution is 2.22. The molecule has 3 rings (SSSR count). The van der Waals surface area contributed by atoms with E-state index in [1.807, 2.05) is 62.4 Å². The number of amides is 1. The summed E-state index contributed by atoms with van der Waals surface area (Å²) < 4.78 is 11.2. The maximum atomic E-state index is 12.2. The molecule has 0 saturated carbocycles. The lowest BCUT2D eigenvalue weighted by molar-refractivity contribution is 0.0735. The van der Waals surface area contributed by atoms with Crippen molar-refractivity contribution in [3.63, 3.8) is 0 Å². The first-order valence-corrected chi connectivity index (χ1v) is 8.40. The number of carbonyl (C=O) groups excluding carboxylic acids is 1. The SMILES string of the molecule is Cc1ccc(O[C@H]2CN(C(=O)OCc3ccccc3)C[C@@H]2O)cc1C. The number of rotatable bonds is 4. The molecule has 132 valence electrons. The zero-order valence-electron chi connectivity index (χ0n) is 14.5. The normalized spacial score (nSPS) is 19.7. The minimum absolute atomic E-state index is 0.211. The van der Waals surface area contributed by atoms with Gasteiger partial charge in [0.25, 0.3) is 0 Å². The average Bonchev–Trinajstić information content (AvgIpc) is 2.98. The summed E-state index contributed by atoms with van der Waals surface area (Å²) >= 11 is 0. The van der Waals surface area contributed by atoms with Gasteiger partial charge in [0.05, 0.1) is 13.1 Å². The quantitative estimate of drug-likeness (QED) is 0.928. The summed E-state index contributed by atoms with van der Waals surface area (Å²) in [6.07, 6.45) is -1.62. The Labute approximate surface area is 147 Å². The monoisotopic (exact) mass is 341 g/mol. The Kier molecular flexibility index (Phi) is 5.24. The summed E-state index contributed by atoms with van der Waals surface area (Å²) in [7, 11) is 0. The maximum absolute atomic E-state index is 12.2. The fraction of sp³-hybridized carbons (Fsp3) is 0.350. The first-order valence-electron chi connectivity index (χ1n) is 8.40. The molecule has 0 aliphatic carbocycles. The molecule has 2 atom stereocenters. The first-order chi connectivity index (χ1) is 12.0. The molecule has 1 saturated heterocycles. The highest BCUT2D eigenvalue weighted by atomic mass is 16.6. The third-order valence-corrected chi connectivity index (χ3v) is 4.47. The van der Waals surface area contributed by atoms with Gasteiger partial charge in [0.2, 0.25) is 0 Å². The number of hydrogen-bond acceptors (Lipinski definition) is 4. The van der Waals surface area contributed by atoms with E-state index >= 15 is 0 Å². The van der Waals surface area contributed by atoms with Gasteiger partial charge in [-0.05, 0) is 42.7 Å². The molecule has 0 unspecified atom stereocenters. The zero-order valence-corrected chi connectivity index (χ0v) is 14.5. The molecule has 2 aromatic carbocycles. The molecule has 5 heteroatoms. The van der Waals surface area contributed by atoms with Crippen molar-refractivity contribution < 1.29 is 19.4 Å². The second-order valence-corrected chi connectivity index (χ2v) is 6.41. The van der Waals surface area contributed by atoms with Gasteiger partial charge in [-0.25, -0.2) is 4.79 Å². The summed E-state index contributed by atoms with van der Waals surface area (Å²) in [5.74, 6) is 0.701. The van der Waals surface area contributed by atoms with Crippen molar-refractivity contribution >= 4 is 6.09 Å². The third-order valence-electron chi connectivity index (χ3n) is 4.47. The standard InChI is InChI=1S/C20H23NO4/c1-14-8-9-17(10-15(14)2)25-19-12-21(11-18(19)22)20(23)24-13-16-6-4-3-5-7-16/h3-10,18-19,22H,11-13H2,1-2H3/t18-,19-/m0/s1. The molecule has 5 nitrogen and oxygen atoms in total. The van der Waals surface area contributed by atoms with Gasteiger partial charge in [0.1, 0.15) is 24.6 Å². The molecule has 1 aliphatic rings. The molecular formula is C20H23NO4. The molecule has 1 aliphatic heterocycles. The lowest BCUT2D eigenvalue weighted by Crippen LogP contribution is -2.31. The van der Waals surface area contributed by atoms with Gasteiger partial charge in [0, 0.05) is 0 Å². The molecule has 1 N–H and O–H groups in total. The average molecular weight is 341 g/mol. The topological polar surface area (TPSA) is 59.0 Å².